The van der Waals surface area contributed by atoms with Crippen molar-refractivity contribution >= 4 is 17.4 Å². The molecule has 7 heteroatoms. The molecule has 0 aromatic carbocycles. The molecule has 0 bridgehead atoms. The van der Waals surface area contributed by atoms with Gasteiger partial charge in [0.25, 0.3) is 0 Å². The van der Waals surface area contributed by atoms with Gasteiger partial charge in [-0.25, -0.2) is 9.78 Å². The summed E-state index contributed by atoms with van der Waals surface area (Å²) in [7, 11) is 1.37. The van der Waals surface area contributed by atoms with Gasteiger partial charge in [0.15, 0.2) is 0 Å². The number of anilines is 1. The Morgan fingerprint density at radius 1 is 1.38 bits per heavy atom. The molecule has 7 nitrogen and oxygen atoms in total. The molecule has 126 valence electrons. The van der Waals surface area contributed by atoms with E-state index in [0.717, 1.165) is 22.8 Å². The van der Waals surface area contributed by atoms with Crippen LogP contribution in [0, 0.1) is 6.92 Å². The highest BCUT2D eigenvalue weighted by atomic mass is 16.5. The fraction of sp³-hybridized carbons (Fsp3) is 0.353. The van der Waals surface area contributed by atoms with Crippen LogP contribution in [0.2, 0.25) is 0 Å². The van der Waals surface area contributed by atoms with E-state index < -0.39 is 0 Å². The van der Waals surface area contributed by atoms with Gasteiger partial charge in [-0.15, -0.1) is 0 Å². The fourth-order valence-corrected chi connectivity index (χ4v) is 2.55. The van der Waals surface area contributed by atoms with Crippen molar-refractivity contribution in [2.24, 2.45) is 0 Å². The first-order valence-corrected chi connectivity index (χ1v) is 7.69. The predicted molar refractivity (Wildman–Crippen MR) is 92.2 cm³/mol. The van der Waals surface area contributed by atoms with Crippen LogP contribution >= 0.6 is 0 Å². The summed E-state index contributed by atoms with van der Waals surface area (Å²) in [4.78, 5) is 16.5. The highest BCUT2D eigenvalue weighted by molar-refractivity contribution is 5.91. The third-order valence-electron chi connectivity index (χ3n) is 3.63. The van der Waals surface area contributed by atoms with Gasteiger partial charge in [-0.2, -0.15) is 5.10 Å². The van der Waals surface area contributed by atoms with E-state index in [-0.39, 0.29) is 11.5 Å². The van der Waals surface area contributed by atoms with E-state index in [0.29, 0.717) is 11.2 Å². The molecule has 24 heavy (non-hydrogen) atoms. The fourth-order valence-electron chi connectivity index (χ4n) is 2.55. The number of hydrogen-bond donors (Lipinski definition) is 2. The number of rotatable bonds is 3. The van der Waals surface area contributed by atoms with Crippen molar-refractivity contribution < 1.29 is 9.53 Å². The molecule has 0 unspecified atom stereocenters. The number of carbonyl (C=O) groups is 1. The van der Waals surface area contributed by atoms with E-state index in [1.807, 2.05) is 23.7 Å². The number of aryl methyl sites for hydroxylation is 1. The second-order valence-corrected chi connectivity index (χ2v) is 6.70. The first-order valence-electron chi connectivity index (χ1n) is 7.69. The van der Waals surface area contributed by atoms with Gasteiger partial charge in [0.2, 0.25) is 0 Å². The Morgan fingerprint density at radius 3 is 2.71 bits per heavy atom. The number of carbonyl (C=O) groups excluding carboxylic acids is 1. The minimum atomic E-state index is -0.383. The standard InChI is InChI=1S/C17H21N5O2/c1-10-12(9-18-21-10)14-15(20-17(2,3)4)22-7-6-11(16(23)24-5)8-13(22)19-14/h6-9,20H,1-5H3,(H,18,21). The number of ether oxygens (including phenoxy) is 1. The second-order valence-electron chi connectivity index (χ2n) is 6.70. The number of methoxy groups -OCH3 is 1. The second kappa shape index (κ2) is 5.67. The molecule has 0 aliphatic rings. The topological polar surface area (TPSA) is 84.3 Å². The van der Waals surface area contributed by atoms with Gasteiger partial charge in [0, 0.05) is 23.5 Å². The Labute approximate surface area is 140 Å². The van der Waals surface area contributed by atoms with Crippen LogP contribution in [0.3, 0.4) is 0 Å². The summed E-state index contributed by atoms with van der Waals surface area (Å²) in [6.07, 6.45) is 3.65. The van der Waals surface area contributed by atoms with Gasteiger partial charge in [-0.3, -0.25) is 9.50 Å². The van der Waals surface area contributed by atoms with Crippen LogP contribution in [-0.2, 0) is 4.74 Å². The Morgan fingerprint density at radius 2 is 2.12 bits per heavy atom. The number of aromatic amines is 1. The molecular formula is C17H21N5O2. The SMILES string of the molecule is COC(=O)c1ccn2c(NC(C)(C)C)c(-c3c[nH]nc3C)nc2c1. The van der Waals surface area contributed by atoms with E-state index in [1.165, 1.54) is 7.11 Å². The van der Waals surface area contributed by atoms with Crippen LogP contribution in [0.15, 0.2) is 24.5 Å². The number of imidazole rings is 1. The first kappa shape index (κ1) is 16.0. The molecule has 3 heterocycles. The maximum atomic E-state index is 11.8. The summed E-state index contributed by atoms with van der Waals surface area (Å²) in [6, 6.07) is 3.44. The van der Waals surface area contributed by atoms with Crippen molar-refractivity contribution in [2.75, 3.05) is 12.4 Å². The number of H-pyrrole nitrogens is 1. The summed E-state index contributed by atoms with van der Waals surface area (Å²) >= 11 is 0. The Kier molecular flexibility index (Phi) is 3.79. The molecule has 0 aliphatic carbocycles. The van der Waals surface area contributed by atoms with Crippen LogP contribution in [-0.4, -0.2) is 38.2 Å². The average Bonchev–Trinajstić information content (AvgIpc) is 3.08. The number of nitrogens with one attached hydrogen (secondary N) is 2. The van der Waals surface area contributed by atoms with Crippen molar-refractivity contribution in [1.82, 2.24) is 19.6 Å². The van der Waals surface area contributed by atoms with E-state index in [9.17, 15) is 4.79 Å². The number of hydrogen-bond acceptors (Lipinski definition) is 5. The van der Waals surface area contributed by atoms with Crippen molar-refractivity contribution in [3.05, 3.63) is 35.8 Å². The van der Waals surface area contributed by atoms with Crippen LogP contribution in [0.1, 0.15) is 36.8 Å². The minimum Gasteiger partial charge on any atom is -0.465 e. The summed E-state index contributed by atoms with van der Waals surface area (Å²) in [5.41, 5.74) is 3.56. The number of fused-ring (bicyclic) bond motifs is 1. The maximum Gasteiger partial charge on any atom is 0.338 e. The molecule has 0 amide bonds. The zero-order chi connectivity index (χ0) is 17.5. The van der Waals surface area contributed by atoms with Crippen LogP contribution in [0.4, 0.5) is 5.82 Å². The summed E-state index contributed by atoms with van der Waals surface area (Å²) in [5, 5.41) is 10.5. The van der Waals surface area contributed by atoms with Crippen LogP contribution in [0.25, 0.3) is 16.9 Å². The number of nitrogens with zero attached hydrogens (tertiary/aromatic N) is 3. The summed E-state index contributed by atoms with van der Waals surface area (Å²) in [6.45, 7) is 8.18. The largest absolute Gasteiger partial charge is 0.465 e. The Bertz CT molecular complexity index is 901. The van der Waals surface area contributed by atoms with Gasteiger partial charge >= 0.3 is 5.97 Å². The molecule has 0 aliphatic heterocycles. The van der Waals surface area contributed by atoms with Crippen LogP contribution < -0.4 is 5.32 Å². The molecule has 2 N–H and O–H groups in total. The van der Waals surface area contributed by atoms with Crippen molar-refractivity contribution in [3.8, 4) is 11.3 Å². The van der Waals surface area contributed by atoms with E-state index in [2.05, 4.69) is 36.3 Å². The highest BCUT2D eigenvalue weighted by Crippen LogP contribution is 2.32. The molecule has 3 rings (SSSR count). The van der Waals surface area contributed by atoms with Crippen molar-refractivity contribution in [1.29, 1.82) is 0 Å². The lowest BCUT2D eigenvalue weighted by molar-refractivity contribution is 0.0600. The molecule has 0 radical (unpaired) electrons. The lowest BCUT2D eigenvalue weighted by atomic mass is 10.1. The lowest BCUT2D eigenvalue weighted by Crippen LogP contribution is -2.27. The monoisotopic (exact) mass is 327 g/mol. The summed E-state index contributed by atoms with van der Waals surface area (Å²) in [5.74, 6) is 0.477. The Hall–Kier alpha value is -2.83. The van der Waals surface area contributed by atoms with Crippen LogP contribution in [0.5, 0.6) is 0 Å². The van der Waals surface area contributed by atoms with Gasteiger partial charge in [-0.1, -0.05) is 0 Å². The molecule has 0 atom stereocenters. The zero-order valence-corrected chi connectivity index (χ0v) is 14.5. The highest BCUT2D eigenvalue weighted by Gasteiger charge is 2.21. The Balaban J connectivity index is 2.23. The third kappa shape index (κ3) is 2.84. The van der Waals surface area contributed by atoms with E-state index in [4.69, 9.17) is 9.72 Å². The zero-order valence-electron chi connectivity index (χ0n) is 14.5. The first-order chi connectivity index (χ1) is 11.3. The van der Waals surface area contributed by atoms with Gasteiger partial charge in [0.05, 0.1) is 18.4 Å². The number of esters is 1. The van der Waals surface area contributed by atoms with Crippen molar-refractivity contribution in [3.63, 3.8) is 0 Å². The third-order valence-corrected chi connectivity index (χ3v) is 3.63. The molecule has 0 spiro atoms. The maximum absolute atomic E-state index is 11.8. The molecule has 0 saturated carbocycles. The summed E-state index contributed by atoms with van der Waals surface area (Å²) < 4.78 is 6.72. The lowest BCUT2D eigenvalue weighted by Gasteiger charge is -2.22. The molecular weight excluding hydrogens is 306 g/mol. The molecule has 3 aromatic heterocycles. The average molecular weight is 327 g/mol. The predicted octanol–water partition coefficient (Wildman–Crippen LogP) is 3.03. The van der Waals surface area contributed by atoms with Gasteiger partial charge < -0.3 is 10.1 Å². The normalized spacial score (nSPS) is 11.7. The smallest absolute Gasteiger partial charge is 0.338 e. The minimum absolute atomic E-state index is 0.149. The molecule has 3 aromatic rings. The number of pyridine rings is 1. The number of aromatic nitrogens is 4. The van der Waals surface area contributed by atoms with Gasteiger partial charge in [-0.05, 0) is 39.8 Å². The van der Waals surface area contributed by atoms with E-state index in [1.54, 1.807) is 12.1 Å². The van der Waals surface area contributed by atoms with E-state index >= 15 is 0 Å². The van der Waals surface area contributed by atoms with Gasteiger partial charge in [0.1, 0.15) is 17.2 Å². The molecule has 0 fully saturated rings. The van der Waals surface area contributed by atoms with Crippen molar-refractivity contribution in [2.45, 2.75) is 33.2 Å². The molecule has 0 saturated heterocycles. The quantitative estimate of drug-likeness (QED) is 0.722.